The Morgan fingerprint density at radius 3 is 2.16 bits per heavy atom. The van der Waals surface area contributed by atoms with Crippen molar-refractivity contribution in [2.24, 2.45) is 5.41 Å². The topological polar surface area (TPSA) is 43.8 Å². The smallest absolute Gasteiger partial charge is 0.320 e. The molecule has 19 heavy (non-hydrogen) atoms. The molecule has 1 aliphatic rings. The van der Waals surface area contributed by atoms with Gasteiger partial charge in [-0.05, 0) is 38.5 Å². The van der Waals surface area contributed by atoms with Crippen molar-refractivity contribution in [1.82, 2.24) is 9.80 Å². The molecule has 1 N–H and O–H groups in total. The van der Waals surface area contributed by atoms with E-state index in [1.807, 2.05) is 11.9 Å². The summed E-state index contributed by atoms with van der Waals surface area (Å²) >= 11 is 0. The predicted molar refractivity (Wildman–Crippen MR) is 78.1 cm³/mol. The number of rotatable bonds is 2. The summed E-state index contributed by atoms with van der Waals surface area (Å²) in [5.74, 6) is 0. The summed E-state index contributed by atoms with van der Waals surface area (Å²) in [6.45, 7) is 10.4. The number of likely N-dealkylation sites (N-methyl/N-ethyl adjacent to an activating group) is 1. The maximum Gasteiger partial charge on any atom is 0.320 e. The number of carbonyl (C=O) groups is 1. The van der Waals surface area contributed by atoms with Crippen LogP contribution >= 0.6 is 0 Å². The van der Waals surface area contributed by atoms with Crippen molar-refractivity contribution in [2.45, 2.75) is 72.0 Å². The van der Waals surface area contributed by atoms with Crippen LogP contribution in [0.1, 0.15) is 53.9 Å². The van der Waals surface area contributed by atoms with Crippen LogP contribution in [0.4, 0.5) is 4.79 Å². The molecule has 0 aromatic heterocycles. The number of aliphatic hydroxyl groups excluding tert-OH is 1. The average Bonchev–Trinajstić information content (AvgIpc) is 2.27. The number of carbonyl (C=O) groups excluding carboxylic acids is 1. The summed E-state index contributed by atoms with van der Waals surface area (Å²) in [5, 5.41) is 9.60. The molecule has 1 saturated heterocycles. The number of hydrogen-bond donors (Lipinski definition) is 1. The molecule has 4 nitrogen and oxygen atoms in total. The fraction of sp³-hybridized carbons (Fsp3) is 0.933. The van der Waals surface area contributed by atoms with Gasteiger partial charge in [0, 0.05) is 19.1 Å². The van der Waals surface area contributed by atoms with Gasteiger partial charge in [0.25, 0.3) is 0 Å². The minimum absolute atomic E-state index is 0.00232. The van der Waals surface area contributed by atoms with Crippen molar-refractivity contribution in [2.75, 3.05) is 13.7 Å². The van der Waals surface area contributed by atoms with Gasteiger partial charge < -0.3 is 14.9 Å². The van der Waals surface area contributed by atoms with Crippen LogP contribution in [0.25, 0.3) is 0 Å². The zero-order chi connectivity index (χ0) is 14.8. The maximum absolute atomic E-state index is 12.7. The van der Waals surface area contributed by atoms with Crippen LogP contribution in [-0.4, -0.2) is 52.7 Å². The molecule has 0 spiro atoms. The Morgan fingerprint density at radius 2 is 1.79 bits per heavy atom. The van der Waals surface area contributed by atoms with Crippen LogP contribution in [0.15, 0.2) is 0 Å². The largest absolute Gasteiger partial charge is 0.394 e. The van der Waals surface area contributed by atoms with E-state index in [1.54, 1.807) is 4.90 Å². The highest BCUT2D eigenvalue weighted by atomic mass is 16.3. The normalized spacial score (nSPS) is 26.2. The fourth-order valence-corrected chi connectivity index (χ4v) is 3.09. The summed E-state index contributed by atoms with van der Waals surface area (Å²) in [7, 11) is 1.81. The SMILES string of the molecule is CC1CCCC(C)N1C(=O)N(C)C(CO)C(C)(C)C. The maximum atomic E-state index is 12.7. The van der Waals surface area contributed by atoms with Gasteiger partial charge >= 0.3 is 6.03 Å². The Labute approximate surface area is 117 Å². The molecule has 1 aliphatic heterocycles. The summed E-state index contributed by atoms with van der Waals surface area (Å²) < 4.78 is 0. The van der Waals surface area contributed by atoms with E-state index in [2.05, 4.69) is 34.6 Å². The summed E-state index contributed by atoms with van der Waals surface area (Å²) in [4.78, 5) is 16.4. The minimum atomic E-state index is -0.152. The highest BCUT2D eigenvalue weighted by Gasteiger charge is 2.36. The quantitative estimate of drug-likeness (QED) is 0.838. The van der Waals surface area contributed by atoms with E-state index in [9.17, 15) is 9.90 Å². The molecule has 112 valence electrons. The lowest BCUT2D eigenvalue weighted by atomic mass is 9.86. The first-order chi connectivity index (χ1) is 8.70. The molecule has 0 bridgehead atoms. The molecule has 1 rings (SSSR count). The van der Waals surface area contributed by atoms with Crippen LogP contribution in [-0.2, 0) is 0 Å². The lowest BCUT2D eigenvalue weighted by molar-refractivity contribution is 0.0450. The molecule has 2 amide bonds. The number of piperidine rings is 1. The van der Waals surface area contributed by atoms with Gasteiger partial charge in [-0.15, -0.1) is 0 Å². The molecule has 0 aromatic carbocycles. The van der Waals surface area contributed by atoms with Crippen molar-refractivity contribution >= 4 is 6.03 Å². The average molecular weight is 270 g/mol. The minimum Gasteiger partial charge on any atom is -0.394 e. The van der Waals surface area contributed by atoms with E-state index in [4.69, 9.17) is 0 Å². The highest BCUT2D eigenvalue weighted by molar-refractivity contribution is 5.75. The van der Waals surface area contributed by atoms with Crippen LogP contribution in [0.3, 0.4) is 0 Å². The van der Waals surface area contributed by atoms with Gasteiger partial charge in [-0.3, -0.25) is 0 Å². The van der Waals surface area contributed by atoms with E-state index in [0.717, 1.165) is 12.8 Å². The van der Waals surface area contributed by atoms with Gasteiger partial charge in [0.1, 0.15) is 0 Å². The van der Waals surface area contributed by atoms with Gasteiger partial charge in [-0.2, -0.15) is 0 Å². The number of likely N-dealkylation sites (tertiary alicyclic amines) is 1. The monoisotopic (exact) mass is 270 g/mol. The first-order valence-electron chi connectivity index (χ1n) is 7.36. The van der Waals surface area contributed by atoms with Crippen molar-refractivity contribution in [3.8, 4) is 0 Å². The van der Waals surface area contributed by atoms with Crippen molar-refractivity contribution in [3.63, 3.8) is 0 Å². The standard InChI is InChI=1S/C15H30N2O2/c1-11-8-7-9-12(2)17(11)14(19)16(6)13(10-18)15(3,4)5/h11-13,18H,7-10H2,1-6H3. The molecule has 3 atom stereocenters. The number of urea groups is 1. The molecule has 1 heterocycles. The predicted octanol–water partition coefficient (Wildman–Crippen LogP) is 2.71. The van der Waals surface area contributed by atoms with Gasteiger partial charge in [-0.1, -0.05) is 20.8 Å². The van der Waals surface area contributed by atoms with Crippen molar-refractivity contribution in [3.05, 3.63) is 0 Å². The summed E-state index contributed by atoms with van der Waals surface area (Å²) in [6.07, 6.45) is 3.34. The van der Waals surface area contributed by atoms with Gasteiger partial charge in [0.05, 0.1) is 12.6 Å². The third-order valence-corrected chi connectivity index (χ3v) is 4.36. The molecule has 0 aliphatic carbocycles. The lowest BCUT2D eigenvalue weighted by Crippen LogP contribution is -2.57. The number of amides is 2. The second-order valence-electron chi connectivity index (χ2n) is 6.99. The second-order valence-corrected chi connectivity index (χ2v) is 6.99. The van der Waals surface area contributed by atoms with Gasteiger partial charge in [0.15, 0.2) is 0 Å². The Morgan fingerprint density at radius 1 is 1.32 bits per heavy atom. The van der Waals surface area contributed by atoms with E-state index in [0.29, 0.717) is 0 Å². The molecule has 1 fully saturated rings. The van der Waals surface area contributed by atoms with Crippen LogP contribution in [0, 0.1) is 5.41 Å². The third kappa shape index (κ3) is 3.62. The molecule has 0 aromatic rings. The lowest BCUT2D eigenvalue weighted by Gasteiger charge is -2.45. The Bertz CT molecular complexity index is 302. The first kappa shape index (κ1) is 16.3. The van der Waals surface area contributed by atoms with Crippen LogP contribution in [0.5, 0.6) is 0 Å². The molecule has 0 radical (unpaired) electrons. The molecule has 3 unspecified atom stereocenters. The van der Waals surface area contributed by atoms with E-state index < -0.39 is 0 Å². The van der Waals surface area contributed by atoms with Crippen LogP contribution < -0.4 is 0 Å². The van der Waals surface area contributed by atoms with Crippen LogP contribution in [0.2, 0.25) is 0 Å². The Balaban J connectivity index is 2.85. The van der Waals surface area contributed by atoms with Crippen molar-refractivity contribution in [1.29, 1.82) is 0 Å². The molecular weight excluding hydrogens is 240 g/mol. The Hall–Kier alpha value is -0.770. The molecular formula is C15H30N2O2. The van der Waals surface area contributed by atoms with E-state index in [1.165, 1.54) is 6.42 Å². The summed E-state index contributed by atoms with van der Waals surface area (Å²) in [6, 6.07) is 0.478. The number of nitrogens with zero attached hydrogens (tertiary/aromatic N) is 2. The fourth-order valence-electron chi connectivity index (χ4n) is 3.09. The van der Waals surface area contributed by atoms with Gasteiger partial charge in [0.2, 0.25) is 0 Å². The summed E-state index contributed by atoms with van der Waals surface area (Å²) in [5.41, 5.74) is -0.124. The molecule has 4 heteroatoms. The Kier molecular flexibility index (Phi) is 5.25. The zero-order valence-corrected chi connectivity index (χ0v) is 13.3. The highest BCUT2D eigenvalue weighted by Crippen LogP contribution is 2.28. The first-order valence-corrected chi connectivity index (χ1v) is 7.36. The van der Waals surface area contributed by atoms with E-state index >= 15 is 0 Å². The third-order valence-electron chi connectivity index (χ3n) is 4.36. The molecule has 0 saturated carbocycles. The number of aliphatic hydroxyl groups is 1. The van der Waals surface area contributed by atoms with E-state index in [-0.39, 0.29) is 36.2 Å². The van der Waals surface area contributed by atoms with Crippen molar-refractivity contribution < 1.29 is 9.90 Å². The number of hydrogen-bond acceptors (Lipinski definition) is 2. The zero-order valence-electron chi connectivity index (χ0n) is 13.3. The second kappa shape index (κ2) is 6.12. The van der Waals surface area contributed by atoms with Gasteiger partial charge in [-0.25, -0.2) is 4.79 Å².